The van der Waals surface area contributed by atoms with Crippen LogP contribution in [0.15, 0.2) is 34.5 Å². The van der Waals surface area contributed by atoms with E-state index in [9.17, 15) is 4.39 Å². The predicted octanol–water partition coefficient (Wildman–Crippen LogP) is 3.93. The summed E-state index contributed by atoms with van der Waals surface area (Å²) in [6.07, 6.45) is 4.03. The van der Waals surface area contributed by atoms with Gasteiger partial charge < -0.3 is 10.1 Å². The predicted molar refractivity (Wildman–Crippen MR) is 73.8 cm³/mol. The van der Waals surface area contributed by atoms with Gasteiger partial charge in [-0.1, -0.05) is 22.9 Å². The molecule has 2 rings (SSSR count). The molecular formula is C14H17BrFNO. The van der Waals surface area contributed by atoms with Crippen LogP contribution in [0.2, 0.25) is 0 Å². The summed E-state index contributed by atoms with van der Waals surface area (Å²) >= 11 is 3.33. The highest BCUT2D eigenvalue weighted by molar-refractivity contribution is 9.10. The topological polar surface area (TPSA) is 21.3 Å². The third-order valence-corrected chi connectivity index (χ3v) is 3.29. The number of halogens is 2. The van der Waals surface area contributed by atoms with Crippen molar-refractivity contribution >= 4 is 15.9 Å². The van der Waals surface area contributed by atoms with Crippen LogP contribution in [-0.2, 0) is 4.74 Å². The Balaban J connectivity index is 2.26. The first kappa shape index (κ1) is 13.6. The average Bonchev–Trinajstić information content (AvgIpc) is 2.82. The maximum absolute atomic E-state index is 13.5. The molecule has 1 heterocycles. The summed E-state index contributed by atoms with van der Waals surface area (Å²) < 4.78 is 19.8. The molecule has 1 aromatic rings. The molecule has 0 aliphatic carbocycles. The van der Waals surface area contributed by atoms with Crippen molar-refractivity contribution in [3.63, 3.8) is 0 Å². The first-order valence-corrected chi connectivity index (χ1v) is 7.02. The molecule has 18 heavy (non-hydrogen) atoms. The molecule has 0 bridgehead atoms. The zero-order valence-corrected chi connectivity index (χ0v) is 12.0. The fraction of sp³-hybridized carbons (Fsp3) is 0.429. The number of hydrogen-bond donors (Lipinski definition) is 1. The van der Waals surface area contributed by atoms with Gasteiger partial charge in [-0.2, -0.15) is 0 Å². The van der Waals surface area contributed by atoms with Gasteiger partial charge in [0.2, 0.25) is 0 Å². The van der Waals surface area contributed by atoms with Crippen LogP contribution in [0.4, 0.5) is 4.39 Å². The lowest BCUT2D eigenvalue weighted by molar-refractivity contribution is 0.215. The molecule has 98 valence electrons. The Bertz CT molecular complexity index is 427. The van der Waals surface area contributed by atoms with Gasteiger partial charge in [0, 0.05) is 10.9 Å². The first-order valence-electron chi connectivity index (χ1n) is 6.23. The molecule has 1 aliphatic rings. The maximum Gasteiger partial charge on any atom is 0.124 e. The van der Waals surface area contributed by atoms with E-state index in [0.29, 0.717) is 0 Å². The van der Waals surface area contributed by atoms with Gasteiger partial charge >= 0.3 is 0 Å². The molecule has 2 nitrogen and oxygen atoms in total. The highest BCUT2D eigenvalue weighted by Gasteiger charge is 2.21. The Labute approximate surface area is 115 Å². The number of nitrogens with one attached hydrogen (secondary N) is 1. The molecule has 1 unspecified atom stereocenters. The van der Waals surface area contributed by atoms with Crippen LogP contribution < -0.4 is 5.32 Å². The van der Waals surface area contributed by atoms with E-state index in [0.717, 1.165) is 41.8 Å². The van der Waals surface area contributed by atoms with E-state index in [1.165, 1.54) is 6.07 Å². The second kappa shape index (κ2) is 6.34. The van der Waals surface area contributed by atoms with Crippen molar-refractivity contribution < 1.29 is 9.13 Å². The molecule has 1 aromatic carbocycles. The van der Waals surface area contributed by atoms with Crippen LogP contribution in [0.25, 0.3) is 0 Å². The van der Waals surface area contributed by atoms with Crippen LogP contribution in [-0.4, -0.2) is 13.2 Å². The van der Waals surface area contributed by atoms with Crippen LogP contribution in [0.3, 0.4) is 0 Å². The van der Waals surface area contributed by atoms with Crippen molar-refractivity contribution in [2.45, 2.75) is 25.8 Å². The minimum Gasteiger partial charge on any atom is -0.496 e. The van der Waals surface area contributed by atoms with Gasteiger partial charge in [-0.3, -0.25) is 0 Å². The van der Waals surface area contributed by atoms with Gasteiger partial charge in [-0.05, 0) is 42.8 Å². The van der Waals surface area contributed by atoms with Crippen molar-refractivity contribution in [3.05, 3.63) is 45.9 Å². The van der Waals surface area contributed by atoms with E-state index in [2.05, 4.69) is 34.2 Å². The fourth-order valence-corrected chi connectivity index (χ4v) is 2.53. The summed E-state index contributed by atoms with van der Waals surface area (Å²) in [7, 11) is 0. The SMILES string of the molecule is CCCNC(C1=CCCO1)c1cc(F)cc(Br)c1. The number of hydrogen-bond acceptors (Lipinski definition) is 2. The normalized spacial score (nSPS) is 16.3. The Hall–Kier alpha value is -0.870. The summed E-state index contributed by atoms with van der Waals surface area (Å²) in [5, 5.41) is 3.40. The molecule has 0 amide bonds. The maximum atomic E-state index is 13.5. The molecular weight excluding hydrogens is 297 g/mol. The Kier molecular flexibility index (Phi) is 4.78. The summed E-state index contributed by atoms with van der Waals surface area (Å²) in [5.74, 6) is 0.669. The monoisotopic (exact) mass is 313 g/mol. The average molecular weight is 314 g/mol. The van der Waals surface area contributed by atoms with E-state index < -0.39 is 0 Å². The molecule has 0 saturated heterocycles. The highest BCUT2D eigenvalue weighted by Crippen LogP contribution is 2.29. The van der Waals surface area contributed by atoms with Crippen LogP contribution in [0.5, 0.6) is 0 Å². The zero-order valence-electron chi connectivity index (χ0n) is 10.4. The number of benzene rings is 1. The van der Waals surface area contributed by atoms with E-state index >= 15 is 0 Å². The number of ether oxygens (including phenoxy) is 1. The molecule has 0 saturated carbocycles. The first-order chi connectivity index (χ1) is 8.70. The lowest BCUT2D eigenvalue weighted by Gasteiger charge is -2.20. The lowest BCUT2D eigenvalue weighted by atomic mass is 10.0. The van der Waals surface area contributed by atoms with E-state index in [4.69, 9.17) is 4.74 Å². The fourth-order valence-electron chi connectivity index (χ4n) is 2.05. The van der Waals surface area contributed by atoms with Gasteiger partial charge in [-0.25, -0.2) is 4.39 Å². The van der Waals surface area contributed by atoms with E-state index in [-0.39, 0.29) is 11.9 Å². The number of rotatable bonds is 5. The Morgan fingerprint density at radius 2 is 2.28 bits per heavy atom. The molecule has 0 aromatic heterocycles. The molecule has 0 spiro atoms. The summed E-state index contributed by atoms with van der Waals surface area (Å²) in [6, 6.07) is 4.89. The molecule has 0 fully saturated rings. The van der Waals surface area contributed by atoms with Crippen molar-refractivity contribution in [3.8, 4) is 0 Å². The quantitative estimate of drug-likeness (QED) is 0.889. The zero-order chi connectivity index (χ0) is 13.0. The van der Waals surface area contributed by atoms with Crippen LogP contribution in [0, 0.1) is 5.82 Å². The lowest BCUT2D eigenvalue weighted by Crippen LogP contribution is -2.24. The van der Waals surface area contributed by atoms with Gasteiger partial charge in [0.05, 0.1) is 12.6 Å². The molecule has 1 aliphatic heterocycles. The molecule has 1 atom stereocenters. The highest BCUT2D eigenvalue weighted by atomic mass is 79.9. The third-order valence-electron chi connectivity index (χ3n) is 2.83. The Morgan fingerprint density at radius 3 is 2.89 bits per heavy atom. The second-order valence-corrected chi connectivity index (χ2v) is 5.25. The smallest absolute Gasteiger partial charge is 0.124 e. The molecule has 0 radical (unpaired) electrons. The summed E-state index contributed by atoms with van der Waals surface area (Å²) in [6.45, 7) is 3.70. The second-order valence-electron chi connectivity index (χ2n) is 4.33. The van der Waals surface area contributed by atoms with Gasteiger partial charge in [0.15, 0.2) is 0 Å². The van der Waals surface area contributed by atoms with Gasteiger partial charge in [0.25, 0.3) is 0 Å². The minimum atomic E-state index is -0.235. The summed E-state index contributed by atoms with van der Waals surface area (Å²) in [4.78, 5) is 0. The van der Waals surface area contributed by atoms with Crippen LogP contribution >= 0.6 is 15.9 Å². The van der Waals surface area contributed by atoms with Crippen molar-refractivity contribution in [2.24, 2.45) is 0 Å². The van der Waals surface area contributed by atoms with Crippen molar-refractivity contribution in [1.82, 2.24) is 5.32 Å². The standard InChI is InChI=1S/C14H17BrFNO/c1-2-5-17-14(13-4-3-6-18-13)10-7-11(15)9-12(16)8-10/h4,7-9,14,17H,2-3,5-6H2,1H3. The molecule has 1 N–H and O–H groups in total. The molecule has 4 heteroatoms. The van der Waals surface area contributed by atoms with Crippen molar-refractivity contribution in [2.75, 3.05) is 13.2 Å². The van der Waals surface area contributed by atoms with E-state index in [1.54, 1.807) is 6.07 Å². The van der Waals surface area contributed by atoms with Gasteiger partial charge in [-0.15, -0.1) is 0 Å². The summed E-state index contributed by atoms with van der Waals surface area (Å²) in [5.41, 5.74) is 0.892. The van der Waals surface area contributed by atoms with Crippen LogP contribution in [0.1, 0.15) is 31.4 Å². The minimum absolute atomic E-state index is 0.0561. The van der Waals surface area contributed by atoms with Crippen molar-refractivity contribution in [1.29, 1.82) is 0 Å². The van der Waals surface area contributed by atoms with Gasteiger partial charge in [0.1, 0.15) is 11.6 Å². The third kappa shape index (κ3) is 3.33. The largest absolute Gasteiger partial charge is 0.496 e. The van der Waals surface area contributed by atoms with E-state index in [1.807, 2.05) is 6.07 Å². The Morgan fingerprint density at radius 1 is 1.44 bits per heavy atom.